The highest BCUT2D eigenvalue weighted by Crippen LogP contribution is 2.37. The lowest BCUT2D eigenvalue weighted by Crippen LogP contribution is -2.51. The number of benzene rings is 1. The molecule has 4 rings (SSSR count). The molecule has 1 aliphatic heterocycles. The number of anilines is 1. The van der Waals surface area contributed by atoms with Crippen LogP contribution < -0.4 is 10.2 Å². The molecule has 1 aliphatic carbocycles. The number of carbonyl (C=O) groups is 1. The van der Waals surface area contributed by atoms with Crippen LogP contribution in [0.1, 0.15) is 55.8 Å². The lowest BCUT2D eigenvalue weighted by Gasteiger charge is -2.38. The first-order valence-corrected chi connectivity index (χ1v) is 12.1. The molecule has 7 heteroatoms. The lowest BCUT2D eigenvalue weighted by atomic mass is 9.96. The van der Waals surface area contributed by atoms with Crippen molar-refractivity contribution < 1.29 is 4.79 Å². The molecule has 2 aromatic rings. The van der Waals surface area contributed by atoms with E-state index in [0.717, 1.165) is 54.9 Å². The first-order valence-electron chi connectivity index (χ1n) is 11.3. The summed E-state index contributed by atoms with van der Waals surface area (Å²) in [4.78, 5) is 27.0. The summed E-state index contributed by atoms with van der Waals surface area (Å²) in [6.07, 6.45) is 3.89. The number of nitrogens with zero attached hydrogens (tertiary/aromatic N) is 4. The number of rotatable bonds is 6. The van der Waals surface area contributed by atoms with E-state index in [9.17, 15) is 4.79 Å². The molecule has 2 aliphatic rings. The van der Waals surface area contributed by atoms with Crippen molar-refractivity contribution in [3.05, 3.63) is 51.9 Å². The molecule has 166 valence electrons. The normalized spacial score (nSPS) is 19.6. The number of nitrogens with one attached hydrogen (secondary N) is 1. The Kier molecular flexibility index (Phi) is 6.92. The van der Waals surface area contributed by atoms with Crippen molar-refractivity contribution in [2.45, 2.75) is 51.5 Å². The maximum Gasteiger partial charge on any atom is 0.231 e. The monoisotopic (exact) mass is 485 g/mol. The number of halogens is 1. The van der Waals surface area contributed by atoms with Crippen LogP contribution >= 0.6 is 15.9 Å². The number of aromatic nitrogens is 2. The van der Waals surface area contributed by atoms with Crippen LogP contribution in [-0.2, 0) is 11.2 Å². The van der Waals surface area contributed by atoms with Gasteiger partial charge in [-0.15, -0.1) is 0 Å². The van der Waals surface area contributed by atoms with Crippen molar-refractivity contribution in [1.29, 1.82) is 0 Å². The second kappa shape index (κ2) is 9.65. The first kappa shape index (κ1) is 22.2. The number of fused-ring (bicyclic) bond motifs is 1. The molecule has 2 unspecified atom stereocenters. The van der Waals surface area contributed by atoms with E-state index in [1.54, 1.807) is 6.33 Å². The molecule has 1 N–H and O–H groups in total. The molecule has 1 aromatic carbocycles. The zero-order valence-electron chi connectivity index (χ0n) is 18.6. The van der Waals surface area contributed by atoms with Gasteiger partial charge in [-0.2, -0.15) is 0 Å². The molecule has 6 nitrogen and oxygen atoms in total. The van der Waals surface area contributed by atoms with Gasteiger partial charge in [-0.3, -0.25) is 4.79 Å². The van der Waals surface area contributed by atoms with E-state index in [0.29, 0.717) is 18.5 Å². The van der Waals surface area contributed by atoms with E-state index in [4.69, 9.17) is 0 Å². The standard InChI is InChI=1S/C24H32BrN5O/c1-16(2)26-14-20(18-5-7-19(25)8-6-18)24(31)30-12-10-29(11-13-30)23-22-17(3)4-9-21(22)27-15-28-23/h5-8,15-17,20,26H,4,9-14H2,1-3H3. The highest BCUT2D eigenvalue weighted by Gasteiger charge is 2.32. The van der Waals surface area contributed by atoms with E-state index in [1.807, 2.05) is 17.0 Å². The predicted octanol–water partition coefficient (Wildman–Crippen LogP) is 3.72. The molecule has 2 heterocycles. The van der Waals surface area contributed by atoms with Gasteiger partial charge in [0, 0.05) is 54.5 Å². The molecular formula is C24H32BrN5O. The number of hydrogen-bond acceptors (Lipinski definition) is 5. The van der Waals surface area contributed by atoms with Crippen molar-refractivity contribution in [3.63, 3.8) is 0 Å². The average molecular weight is 486 g/mol. The Morgan fingerprint density at radius 2 is 1.87 bits per heavy atom. The van der Waals surface area contributed by atoms with E-state index in [1.165, 1.54) is 11.3 Å². The van der Waals surface area contributed by atoms with Gasteiger partial charge in [0.15, 0.2) is 0 Å². The van der Waals surface area contributed by atoms with Gasteiger partial charge in [-0.05, 0) is 36.5 Å². The van der Waals surface area contributed by atoms with E-state index in [2.05, 4.69) is 69.0 Å². The molecule has 0 spiro atoms. The lowest BCUT2D eigenvalue weighted by molar-refractivity contribution is -0.133. The molecule has 0 radical (unpaired) electrons. The van der Waals surface area contributed by atoms with Crippen molar-refractivity contribution in [1.82, 2.24) is 20.2 Å². The van der Waals surface area contributed by atoms with E-state index >= 15 is 0 Å². The highest BCUT2D eigenvalue weighted by atomic mass is 79.9. The van der Waals surface area contributed by atoms with Gasteiger partial charge in [0.25, 0.3) is 0 Å². The second-order valence-corrected chi connectivity index (χ2v) is 9.89. The fourth-order valence-electron chi connectivity index (χ4n) is 4.63. The molecule has 0 saturated carbocycles. The molecule has 31 heavy (non-hydrogen) atoms. The van der Waals surface area contributed by atoms with Gasteiger partial charge in [0.05, 0.1) is 5.92 Å². The van der Waals surface area contributed by atoms with Crippen molar-refractivity contribution in [2.24, 2.45) is 0 Å². The Bertz CT molecular complexity index is 909. The number of hydrogen-bond donors (Lipinski definition) is 1. The third kappa shape index (κ3) is 4.93. The van der Waals surface area contributed by atoms with Crippen molar-refractivity contribution in [2.75, 3.05) is 37.6 Å². The molecular weight excluding hydrogens is 454 g/mol. The van der Waals surface area contributed by atoms with Gasteiger partial charge in [0.2, 0.25) is 5.91 Å². The van der Waals surface area contributed by atoms with Crippen LogP contribution in [0.15, 0.2) is 35.1 Å². The average Bonchev–Trinajstić information content (AvgIpc) is 3.16. The maximum atomic E-state index is 13.5. The number of aryl methyl sites for hydroxylation is 1. The predicted molar refractivity (Wildman–Crippen MR) is 128 cm³/mol. The third-order valence-electron chi connectivity index (χ3n) is 6.44. The first-order chi connectivity index (χ1) is 14.9. The van der Waals surface area contributed by atoms with Crippen LogP contribution in [-0.4, -0.2) is 59.5 Å². The number of amides is 1. The van der Waals surface area contributed by atoms with Crippen LogP contribution in [0.2, 0.25) is 0 Å². The smallest absolute Gasteiger partial charge is 0.231 e. The van der Waals surface area contributed by atoms with Crippen LogP contribution in [0.4, 0.5) is 5.82 Å². The summed E-state index contributed by atoms with van der Waals surface area (Å²) in [6, 6.07) is 8.47. The minimum absolute atomic E-state index is 0.176. The van der Waals surface area contributed by atoms with Crippen LogP contribution in [0, 0.1) is 0 Å². The largest absolute Gasteiger partial charge is 0.353 e. The summed E-state index contributed by atoms with van der Waals surface area (Å²) in [7, 11) is 0. The molecule has 0 bridgehead atoms. The fourth-order valence-corrected chi connectivity index (χ4v) is 4.89. The van der Waals surface area contributed by atoms with E-state index < -0.39 is 0 Å². The zero-order chi connectivity index (χ0) is 22.0. The van der Waals surface area contributed by atoms with Gasteiger partial charge < -0.3 is 15.1 Å². The summed E-state index contributed by atoms with van der Waals surface area (Å²) in [5.74, 6) is 1.62. The topological polar surface area (TPSA) is 61.4 Å². The summed E-state index contributed by atoms with van der Waals surface area (Å²) in [5, 5.41) is 3.46. The Balaban J connectivity index is 1.46. The molecule has 1 fully saturated rings. The molecule has 1 saturated heterocycles. The SMILES string of the molecule is CC(C)NCC(C(=O)N1CCN(c2ncnc3c2C(C)CC3)CC1)c1ccc(Br)cc1. The summed E-state index contributed by atoms with van der Waals surface area (Å²) in [6.45, 7) is 10.2. The quantitative estimate of drug-likeness (QED) is 0.675. The van der Waals surface area contributed by atoms with Crippen molar-refractivity contribution >= 4 is 27.7 Å². The third-order valence-corrected chi connectivity index (χ3v) is 6.97. The Morgan fingerprint density at radius 3 is 2.55 bits per heavy atom. The summed E-state index contributed by atoms with van der Waals surface area (Å²) < 4.78 is 1.03. The minimum Gasteiger partial charge on any atom is -0.353 e. The Labute approximate surface area is 193 Å². The summed E-state index contributed by atoms with van der Waals surface area (Å²) >= 11 is 3.50. The second-order valence-electron chi connectivity index (χ2n) is 8.98. The molecule has 2 atom stereocenters. The number of carbonyl (C=O) groups excluding carboxylic acids is 1. The Hall–Kier alpha value is -1.99. The van der Waals surface area contributed by atoms with Crippen molar-refractivity contribution in [3.8, 4) is 0 Å². The zero-order valence-corrected chi connectivity index (χ0v) is 20.2. The van der Waals surface area contributed by atoms with E-state index in [-0.39, 0.29) is 11.8 Å². The Morgan fingerprint density at radius 1 is 1.16 bits per heavy atom. The fraction of sp³-hybridized carbons (Fsp3) is 0.542. The van der Waals surface area contributed by atoms with Crippen LogP contribution in [0.25, 0.3) is 0 Å². The van der Waals surface area contributed by atoms with Crippen LogP contribution in [0.5, 0.6) is 0 Å². The minimum atomic E-state index is -0.176. The molecule has 1 aromatic heterocycles. The van der Waals surface area contributed by atoms with Gasteiger partial charge in [0.1, 0.15) is 12.1 Å². The highest BCUT2D eigenvalue weighted by molar-refractivity contribution is 9.10. The van der Waals surface area contributed by atoms with Gasteiger partial charge in [-0.1, -0.05) is 48.8 Å². The maximum absolute atomic E-state index is 13.5. The number of piperazine rings is 1. The van der Waals surface area contributed by atoms with Gasteiger partial charge >= 0.3 is 0 Å². The molecule has 1 amide bonds. The van der Waals surface area contributed by atoms with Crippen LogP contribution in [0.3, 0.4) is 0 Å². The van der Waals surface area contributed by atoms with Gasteiger partial charge in [-0.25, -0.2) is 9.97 Å². The summed E-state index contributed by atoms with van der Waals surface area (Å²) in [5.41, 5.74) is 3.58.